The molecule has 1 N–H and O–H groups in total. The Morgan fingerprint density at radius 1 is 1.29 bits per heavy atom. The zero-order chi connectivity index (χ0) is 15.4. The highest BCUT2D eigenvalue weighted by atomic mass is 32.2. The third kappa shape index (κ3) is 3.76. The summed E-state index contributed by atoms with van der Waals surface area (Å²) in [5, 5.41) is 4.44. The van der Waals surface area contributed by atoms with Gasteiger partial charge in [0.15, 0.2) is 0 Å². The largest absolute Gasteiger partial charge is 0.323 e. The van der Waals surface area contributed by atoms with Gasteiger partial charge in [-0.15, -0.1) is 0 Å². The number of thioether (sulfide) groups is 1. The maximum Gasteiger partial charge on any atom is 0.241 e. The van der Waals surface area contributed by atoms with Crippen molar-refractivity contribution in [2.75, 3.05) is 6.26 Å². The quantitative estimate of drug-likeness (QED) is 0.813. The first kappa shape index (κ1) is 17.1. The SMILES string of the molecule is CCCC1NC(C(C)CC)C(=O)N1C1CCC(SC)CC1. The first-order valence-corrected chi connectivity index (χ1v) is 10.0. The van der Waals surface area contributed by atoms with Gasteiger partial charge in [-0.05, 0) is 44.3 Å². The molecule has 2 aliphatic rings. The molecule has 3 unspecified atom stereocenters. The molecule has 0 aromatic rings. The molecular weight excluding hydrogens is 280 g/mol. The van der Waals surface area contributed by atoms with Crippen LogP contribution in [0.3, 0.4) is 0 Å². The molecule has 1 aliphatic heterocycles. The summed E-state index contributed by atoms with van der Waals surface area (Å²) in [5.41, 5.74) is 0. The number of hydrogen-bond acceptors (Lipinski definition) is 3. The zero-order valence-corrected chi connectivity index (χ0v) is 14.9. The van der Waals surface area contributed by atoms with Gasteiger partial charge >= 0.3 is 0 Å². The van der Waals surface area contributed by atoms with Gasteiger partial charge in [0, 0.05) is 11.3 Å². The van der Waals surface area contributed by atoms with Gasteiger partial charge in [-0.2, -0.15) is 11.8 Å². The van der Waals surface area contributed by atoms with Crippen LogP contribution in [0.15, 0.2) is 0 Å². The van der Waals surface area contributed by atoms with E-state index in [0.29, 0.717) is 17.9 Å². The van der Waals surface area contributed by atoms with Crippen molar-refractivity contribution in [1.29, 1.82) is 0 Å². The summed E-state index contributed by atoms with van der Waals surface area (Å²) in [7, 11) is 0. The van der Waals surface area contributed by atoms with Crippen molar-refractivity contribution >= 4 is 17.7 Å². The lowest BCUT2D eigenvalue weighted by molar-refractivity contribution is -0.133. The minimum absolute atomic E-state index is 0.0461. The molecule has 122 valence electrons. The van der Waals surface area contributed by atoms with Crippen molar-refractivity contribution < 1.29 is 4.79 Å². The van der Waals surface area contributed by atoms with Crippen molar-refractivity contribution in [3.8, 4) is 0 Å². The molecule has 1 saturated heterocycles. The van der Waals surface area contributed by atoms with Crippen LogP contribution in [-0.4, -0.2) is 40.6 Å². The van der Waals surface area contributed by atoms with Crippen molar-refractivity contribution in [2.24, 2.45) is 5.92 Å². The fourth-order valence-electron chi connectivity index (χ4n) is 3.81. The van der Waals surface area contributed by atoms with Crippen LogP contribution in [-0.2, 0) is 4.79 Å². The maximum atomic E-state index is 12.9. The molecule has 2 fully saturated rings. The van der Waals surface area contributed by atoms with E-state index in [9.17, 15) is 4.79 Å². The molecule has 4 heteroatoms. The van der Waals surface area contributed by atoms with Crippen LogP contribution in [0.25, 0.3) is 0 Å². The first-order chi connectivity index (χ1) is 10.1. The molecule has 1 amide bonds. The van der Waals surface area contributed by atoms with Gasteiger partial charge < -0.3 is 4.90 Å². The average molecular weight is 313 g/mol. The molecule has 0 aromatic heterocycles. The molecule has 1 heterocycles. The zero-order valence-electron chi connectivity index (χ0n) is 14.1. The van der Waals surface area contributed by atoms with Crippen LogP contribution in [0.2, 0.25) is 0 Å². The van der Waals surface area contributed by atoms with E-state index in [-0.39, 0.29) is 12.2 Å². The Balaban J connectivity index is 2.06. The highest BCUT2D eigenvalue weighted by Gasteiger charge is 2.44. The van der Waals surface area contributed by atoms with Crippen LogP contribution in [0.5, 0.6) is 0 Å². The average Bonchev–Trinajstić information content (AvgIpc) is 2.83. The smallest absolute Gasteiger partial charge is 0.241 e. The highest BCUT2D eigenvalue weighted by molar-refractivity contribution is 7.99. The lowest BCUT2D eigenvalue weighted by atomic mass is 9.92. The maximum absolute atomic E-state index is 12.9. The molecular formula is C17H32N2OS. The summed E-state index contributed by atoms with van der Waals surface area (Å²) < 4.78 is 0. The molecule has 0 bridgehead atoms. The van der Waals surface area contributed by atoms with Crippen LogP contribution in [0.1, 0.15) is 65.7 Å². The molecule has 21 heavy (non-hydrogen) atoms. The van der Waals surface area contributed by atoms with Gasteiger partial charge in [0.05, 0.1) is 12.2 Å². The standard InChI is InChI=1S/C17H32N2OS/c1-5-7-15-18-16(12(3)6-2)17(20)19(15)13-8-10-14(21-4)11-9-13/h12-16,18H,5-11H2,1-4H3. The van der Waals surface area contributed by atoms with E-state index < -0.39 is 0 Å². The number of hydrogen-bond donors (Lipinski definition) is 1. The summed E-state index contributed by atoms with van der Waals surface area (Å²) in [6.07, 6.45) is 10.7. The van der Waals surface area contributed by atoms with Gasteiger partial charge in [-0.25, -0.2) is 0 Å². The third-order valence-corrected chi connectivity index (χ3v) is 6.51. The van der Waals surface area contributed by atoms with Crippen LogP contribution < -0.4 is 5.32 Å². The number of rotatable bonds is 6. The molecule has 3 nitrogen and oxygen atoms in total. The van der Waals surface area contributed by atoms with E-state index in [4.69, 9.17) is 0 Å². The van der Waals surface area contributed by atoms with Gasteiger partial charge in [-0.1, -0.05) is 33.6 Å². The fourth-order valence-corrected chi connectivity index (χ4v) is 4.55. The van der Waals surface area contributed by atoms with E-state index in [1.54, 1.807) is 0 Å². The second-order valence-corrected chi connectivity index (χ2v) is 7.88. The Hall–Kier alpha value is -0.220. The second kappa shape index (κ2) is 7.87. The van der Waals surface area contributed by atoms with Gasteiger partial charge in [0.2, 0.25) is 5.91 Å². The summed E-state index contributed by atoms with van der Waals surface area (Å²) in [6.45, 7) is 6.60. The highest BCUT2D eigenvalue weighted by Crippen LogP contribution is 2.33. The molecule has 2 rings (SSSR count). The van der Waals surface area contributed by atoms with Crippen LogP contribution in [0, 0.1) is 5.92 Å². The normalized spacial score (nSPS) is 35.2. The Morgan fingerprint density at radius 3 is 2.48 bits per heavy atom. The molecule has 3 atom stereocenters. The van der Waals surface area contributed by atoms with Crippen molar-refractivity contribution in [3.63, 3.8) is 0 Å². The molecule has 0 spiro atoms. The lowest BCUT2D eigenvalue weighted by Crippen LogP contribution is -2.46. The molecule has 0 radical (unpaired) electrons. The minimum Gasteiger partial charge on any atom is -0.323 e. The predicted molar refractivity (Wildman–Crippen MR) is 91.5 cm³/mol. The minimum atomic E-state index is 0.0461. The molecule has 1 saturated carbocycles. The number of amides is 1. The summed E-state index contributed by atoms with van der Waals surface area (Å²) >= 11 is 1.99. The van der Waals surface area contributed by atoms with Crippen molar-refractivity contribution in [1.82, 2.24) is 10.2 Å². The Kier molecular flexibility index (Phi) is 6.42. The number of carbonyl (C=O) groups is 1. The van der Waals surface area contributed by atoms with Gasteiger partial charge in [-0.3, -0.25) is 10.1 Å². The topological polar surface area (TPSA) is 32.3 Å². The third-order valence-electron chi connectivity index (χ3n) is 5.37. The van der Waals surface area contributed by atoms with Gasteiger partial charge in [0.25, 0.3) is 0 Å². The van der Waals surface area contributed by atoms with Crippen LogP contribution in [0.4, 0.5) is 0 Å². The Bertz CT molecular complexity index is 342. The number of nitrogens with zero attached hydrogens (tertiary/aromatic N) is 1. The monoisotopic (exact) mass is 312 g/mol. The van der Waals surface area contributed by atoms with E-state index in [2.05, 4.69) is 37.2 Å². The van der Waals surface area contributed by atoms with E-state index in [0.717, 1.165) is 24.5 Å². The lowest BCUT2D eigenvalue weighted by Gasteiger charge is -2.37. The fraction of sp³-hybridized carbons (Fsp3) is 0.941. The van der Waals surface area contributed by atoms with Gasteiger partial charge in [0.1, 0.15) is 0 Å². The van der Waals surface area contributed by atoms with E-state index in [1.807, 2.05) is 11.8 Å². The first-order valence-electron chi connectivity index (χ1n) is 8.73. The predicted octanol–water partition coefficient (Wildman–Crippen LogP) is 3.63. The summed E-state index contributed by atoms with van der Waals surface area (Å²) in [6, 6.07) is 0.517. The van der Waals surface area contributed by atoms with E-state index in [1.165, 1.54) is 25.7 Å². The second-order valence-electron chi connectivity index (χ2n) is 6.75. The van der Waals surface area contributed by atoms with Crippen LogP contribution >= 0.6 is 11.8 Å². The number of carbonyl (C=O) groups excluding carboxylic acids is 1. The molecule has 0 aromatic carbocycles. The summed E-state index contributed by atoms with van der Waals surface area (Å²) in [4.78, 5) is 15.1. The van der Waals surface area contributed by atoms with Crippen molar-refractivity contribution in [2.45, 2.75) is 89.2 Å². The Morgan fingerprint density at radius 2 is 1.95 bits per heavy atom. The number of nitrogens with one attached hydrogen (secondary N) is 1. The molecule has 1 aliphatic carbocycles. The summed E-state index contributed by atoms with van der Waals surface area (Å²) in [5.74, 6) is 0.805. The Labute approximate surface area is 134 Å². The van der Waals surface area contributed by atoms with Crippen molar-refractivity contribution in [3.05, 3.63) is 0 Å². The van der Waals surface area contributed by atoms with E-state index >= 15 is 0 Å².